The highest BCUT2D eigenvalue weighted by atomic mass is 79.9. The van der Waals surface area contributed by atoms with Gasteiger partial charge in [0.15, 0.2) is 17.3 Å². The molecular formula is C27H20BrF3N4O3. The number of nitrogens with two attached hydrogens (primary N) is 1. The predicted molar refractivity (Wildman–Crippen MR) is 139 cm³/mol. The van der Waals surface area contributed by atoms with Gasteiger partial charge in [0.1, 0.15) is 18.2 Å². The number of Topliss-reactive ketones (excluding diaryl/α,β-unsaturated/α-hetero) is 1. The summed E-state index contributed by atoms with van der Waals surface area (Å²) in [5.41, 5.74) is 9.78. The van der Waals surface area contributed by atoms with Crippen LogP contribution in [-0.2, 0) is 6.42 Å². The molecule has 11 heteroatoms. The Kier molecular flexibility index (Phi) is 6.94. The number of allylic oxidation sites excluding steroid dienone is 1. The zero-order valence-electron chi connectivity index (χ0n) is 19.9. The van der Waals surface area contributed by atoms with E-state index < -0.39 is 18.8 Å². The highest BCUT2D eigenvalue weighted by molar-refractivity contribution is 9.10. The molecule has 38 heavy (non-hydrogen) atoms. The van der Waals surface area contributed by atoms with Gasteiger partial charge in [0, 0.05) is 18.1 Å². The minimum atomic E-state index is -2.60. The summed E-state index contributed by atoms with van der Waals surface area (Å²) in [6.45, 7) is 1.06. The highest BCUT2D eigenvalue weighted by Crippen LogP contribution is 2.36. The fourth-order valence-electron chi connectivity index (χ4n) is 4.09. The van der Waals surface area contributed by atoms with Crippen molar-refractivity contribution < 1.29 is 27.4 Å². The zero-order valence-corrected chi connectivity index (χ0v) is 21.5. The smallest absolute Gasteiger partial charge is 0.272 e. The van der Waals surface area contributed by atoms with Crippen molar-refractivity contribution in [3.63, 3.8) is 0 Å². The number of nitrogens with zero attached hydrogens (tertiary/aromatic N) is 3. The van der Waals surface area contributed by atoms with Gasteiger partial charge < -0.3 is 15.2 Å². The van der Waals surface area contributed by atoms with Crippen molar-refractivity contribution in [1.82, 2.24) is 14.8 Å². The molecule has 7 nitrogen and oxygen atoms in total. The Morgan fingerprint density at radius 1 is 1.18 bits per heavy atom. The van der Waals surface area contributed by atoms with E-state index >= 15 is 0 Å². The van der Waals surface area contributed by atoms with Crippen molar-refractivity contribution in [2.45, 2.75) is 19.8 Å². The maximum atomic E-state index is 13.9. The third-order valence-electron chi connectivity index (χ3n) is 5.95. The van der Waals surface area contributed by atoms with Gasteiger partial charge in [0.2, 0.25) is 5.88 Å². The molecule has 2 N–H and O–H groups in total. The van der Waals surface area contributed by atoms with Crippen molar-refractivity contribution in [2.24, 2.45) is 0 Å². The number of rotatable bonds is 8. The van der Waals surface area contributed by atoms with Gasteiger partial charge in [-0.05, 0) is 69.9 Å². The van der Waals surface area contributed by atoms with Crippen LogP contribution < -0.4 is 15.2 Å². The van der Waals surface area contributed by atoms with Crippen LogP contribution >= 0.6 is 15.9 Å². The molecule has 2 heterocycles. The average Bonchev–Trinajstić information content (AvgIpc) is 3.46. The second kappa shape index (κ2) is 10.3. The van der Waals surface area contributed by atoms with Gasteiger partial charge in [-0.25, -0.2) is 22.8 Å². The van der Waals surface area contributed by atoms with Gasteiger partial charge in [-0.1, -0.05) is 12.1 Å². The molecule has 4 aromatic rings. The number of hydrogen-bond donors (Lipinski definition) is 1. The number of benzene rings is 2. The lowest BCUT2D eigenvalue weighted by Gasteiger charge is -2.11. The van der Waals surface area contributed by atoms with E-state index in [1.54, 1.807) is 43.3 Å². The molecule has 0 spiro atoms. The molecule has 2 aromatic carbocycles. The number of halogens is 4. The fourth-order valence-corrected chi connectivity index (χ4v) is 4.59. The fraction of sp³-hybridized carbons (Fsp3) is 0.148. The second-order valence-electron chi connectivity index (χ2n) is 8.56. The molecule has 2 aromatic heterocycles. The van der Waals surface area contributed by atoms with E-state index in [1.807, 2.05) is 0 Å². The third-order valence-corrected chi connectivity index (χ3v) is 6.57. The molecule has 0 fully saturated rings. The molecule has 1 aliphatic rings. The third kappa shape index (κ3) is 5.01. The number of pyridine rings is 1. The monoisotopic (exact) mass is 584 g/mol. The van der Waals surface area contributed by atoms with E-state index in [2.05, 4.69) is 26.0 Å². The molecule has 0 saturated carbocycles. The summed E-state index contributed by atoms with van der Waals surface area (Å²) in [7, 11) is 0. The molecule has 0 saturated heterocycles. The summed E-state index contributed by atoms with van der Waals surface area (Å²) >= 11 is 3.33. The largest absolute Gasteiger partial charge is 0.486 e. The maximum absolute atomic E-state index is 13.9. The van der Waals surface area contributed by atoms with Crippen LogP contribution in [0.3, 0.4) is 0 Å². The molecule has 0 amide bonds. The molecule has 0 bridgehead atoms. The van der Waals surface area contributed by atoms with Gasteiger partial charge in [-0.15, -0.1) is 0 Å². The van der Waals surface area contributed by atoms with Crippen LogP contribution in [-0.4, -0.2) is 33.6 Å². The summed E-state index contributed by atoms with van der Waals surface area (Å²) in [5.74, 6) is -0.183. The van der Waals surface area contributed by atoms with Gasteiger partial charge >= 0.3 is 0 Å². The molecule has 0 aliphatic heterocycles. The SMILES string of the molecule is Cc1cc(Oc2ccccc2F)ncc1-n1ncc(C(=O)C2=Cc3cc(OCC(F)F)c(Br)cc3C2)c1N. The lowest BCUT2D eigenvalue weighted by atomic mass is 10.0. The van der Waals surface area contributed by atoms with Crippen LogP contribution in [0.1, 0.15) is 27.0 Å². The van der Waals surface area contributed by atoms with Gasteiger partial charge in [0.25, 0.3) is 6.43 Å². The number of nitrogen functional groups attached to an aromatic ring is 1. The standard InChI is InChI=1S/C27H20BrF3N4O3/c1-14-6-25(38-22-5-3-2-4-20(22)29)33-12-21(14)35-27(32)18(11-34-35)26(36)17-7-15-9-19(28)23(10-16(15)8-17)37-13-24(30)31/h2-6,8-12,24H,7,13,32H2,1H3. The van der Waals surface area contributed by atoms with E-state index in [0.29, 0.717) is 33.3 Å². The quantitative estimate of drug-likeness (QED) is 0.244. The number of ketones is 1. The Labute approximate surface area is 223 Å². The van der Waals surface area contributed by atoms with Crippen LogP contribution in [0.25, 0.3) is 11.8 Å². The molecule has 194 valence electrons. The Morgan fingerprint density at radius 3 is 2.71 bits per heavy atom. The first-order chi connectivity index (χ1) is 18.2. The Balaban J connectivity index is 1.37. The van der Waals surface area contributed by atoms with Crippen LogP contribution in [0.4, 0.5) is 19.0 Å². The number of carbonyl (C=O) groups is 1. The first-order valence-corrected chi connectivity index (χ1v) is 12.2. The Bertz CT molecular complexity index is 1590. The lowest BCUT2D eigenvalue weighted by molar-refractivity contribution is 0.0815. The van der Waals surface area contributed by atoms with Gasteiger partial charge in [0.05, 0.1) is 28.1 Å². The summed E-state index contributed by atoms with van der Waals surface area (Å²) < 4.78 is 51.6. The average molecular weight is 585 g/mol. The van der Waals surface area contributed by atoms with Crippen LogP contribution in [0.15, 0.2) is 64.9 Å². The minimum absolute atomic E-state index is 0.0456. The first kappa shape index (κ1) is 25.5. The summed E-state index contributed by atoms with van der Waals surface area (Å²) in [6.07, 6.45) is 2.30. The van der Waals surface area contributed by atoms with E-state index in [-0.39, 0.29) is 34.5 Å². The summed E-state index contributed by atoms with van der Waals surface area (Å²) in [6, 6.07) is 11.0. The molecule has 0 atom stereocenters. The van der Waals surface area contributed by atoms with Gasteiger partial charge in [-0.2, -0.15) is 5.10 Å². The van der Waals surface area contributed by atoms with E-state index in [0.717, 1.165) is 5.56 Å². The highest BCUT2D eigenvalue weighted by Gasteiger charge is 2.25. The van der Waals surface area contributed by atoms with Crippen molar-refractivity contribution in [3.8, 4) is 23.1 Å². The number of carbonyl (C=O) groups excluding carboxylic acids is 1. The number of fused-ring (bicyclic) bond motifs is 1. The number of anilines is 1. The van der Waals surface area contributed by atoms with Crippen molar-refractivity contribution >= 4 is 33.6 Å². The van der Waals surface area contributed by atoms with Crippen LogP contribution in [0.5, 0.6) is 17.4 Å². The summed E-state index contributed by atoms with van der Waals surface area (Å²) in [5, 5.41) is 4.29. The lowest BCUT2D eigenvalue weighted by Crippen LogP contribution is -2.09. The van der Waals surface area contributed by atoms with Crippen molar-refractivity contribution in [2.75, 3.05) is 12.3 Å². The number of aryl methyl sites for hydroxylation is 1. The molecule has 0 unspecified atom stereocenters. The van der Waals surface area contributed by atoms with Crippen molar-refractivity contribution in [1.29, 1.82) is 0 Å². The number of hydrogen-bond acceptors (Lipinski definition) is 6. The maximum Gasteiger partial charge on any atom is 0.272 e. The second-order valence-corrected chi connectivity index (χ2v) is 9.41. The number of ether oxygens (including phenoxy) is 2. The minimum Gasteiger partial charge on any atom is -0.486 e. The zero-order chi connectivity index (χ0) is 27.0. The van der Waals surface area contributed by atoms with E-state index in [9.17, 15) is 18.0 Å². The van der Waals surface area contributed by atoms with Crippen LogP contribution in [0.2, 0.25) is 0 Å². The number of para-hydroxylation sites is 1. The normalized spacial score (nSPS) is 12.4. The number of alkyl halides is 2. The topological polar surface area (TPSA) is 92.3 Å². The number of aromatic nitrogens is 3. The molecule has 5 rings (SSSR count). The molecule has 0 radical (unpaired) electrons. The first-order valence-electron chi connectivity index (χ1n) is 11.4. The van der Waals surface area contributed by atoms with E-state index in [1.165, 1.54) is 29.2 Å². The Hall–Kier alpha value is -4.12. The van der Waals surface area contributed by atoms with Crippen LogP contribution in [0, 0.1) is 12.7 Å². The van der Waals surface area contributed by atoms with Crippen molar-refractivity contribution in [3.05, 3.63) is 93.0 Å². The predicted octanol–water partition coefficient (Wildman–Crippen LogP) is 6.32. The summed E-state index contributed by atoms with van der Waals surface area (Å²) in [4.78, 5) is 17.6. The molecule has 1 aliphatic carbocycles. The molecular weight excluding hydrogens is 565 g/mol. The Morgan fingerprint density at radius 2 is 1.97 bits per heavy atom. The van der Waals surface area contributed by atoms with Gasteiger partial charge in [-0.3, -0.25) is 4.79 Å². The van der Waals surface area contributed by atoms with E-state index in [4.69, 9.17) is 15.2 Å².